The molecule has 1 aromatic rings. The number of amides is 1. The van der Waals surface area contributed by atoms with E-state index in [1.165, 1.54) is 4.90 Å². The normalized spacial score (nSPS) is 22.0. The van der Waals surface area contributed by atoms with Gasteiger partial charge >= 0.3 is 0 Å². The summed E-state index contributed by atoms with van der Waals surface area (Å²) in [6.07, 6.45) is 0.886. The summed E-state index contributed by atoms with van der Waals surface area (Å²) in [6, 6.07) is 1.95. The molecule has 7 heteroatoms. The van der Waals surface area contributed by atoms with E-state index in [-0.39, 0.29) is 12.1 Å². The molecule has 0 aliphatic carbocycles. The van der Waals surface area contributed by atoms with Gasteiger partial charge in [-0.25, -0.2) is 13.2 Å². The van der Waals surface area contributed by atoms with Crippen LogP contribution in [0.3, 0.4) is 0 Å². The van der Waals surface area contributed by atoms with E-state index in [0.717, 1.165) is 25.1 Å². The van der Waals surface area contributed by atoms with Crippen molar-refractivity contribution < 1.29 is 22.7 Å². The molecule has 1 heterocycles. The molecule has 2 unspecified atom stereocenters. The summed E-state index contributed by atoms with van der Waals surface area (Å²) in [5.74, 6) is -4.95. The predicted molar refractivity (Wildman–Crippen MR) is 84.3 cm³/mol. The SMILES string of the molecule is COCCCN1C(C)CN(C(=O)c2ccc(F)c(F)c2F)CC1C. The highest BCUT2D eigenvalue weighted by Gasteiger charge is 2.33. The second-order valence-corrected chi connectivity index (χ2v) is 6.22. The van der Waals surface area contributed by atoms with Gasteiger partial charge in [-0.1, -0.05) is 0 Å². The summed E-state index contributed by atoms with van der Waals surface area (Å²) in [6.45, 7) is 6.31. The third-order valence-electron chi connectivity index (χ3n) is 4.42. The molecule has 1 saturated heterocycles. The fraction of sp³-hybridized carbons (Fsp3) is 0.588. The smallest absolute Gasteiger partial charge is 0.257 e. The summed E-state index contributed by atoms with van der Waals surface area (Å²) in [5, 5.41) is 0. The van der Waals surface area contributed by atoms with Gasteiger partial charge in [0.15, 0.2) is 17.5 Å². The van der Waals surface area contributed by atoms with Crippen molar-refractivity contribution in [2.75, 3.05) is 33.4 Å². The third-order valence-corrected chi connectivity index (χ3v) is 4.42. The quantitative estimate of drug-likeness (QED) is 0.608. The Bertz CT molecular complexity index is 585. The first-order valence-electron chi connectivity index (χ1n) is 8.04. The number of carbonyl (C=O) groups is 1. The van der Waals surface area contributed by atoms with Crippen molar-refractivity contribution in [3.8, 4) is 0 Å². The minimum absolute atomic E-state index is 0.0860. The first kappa shape index (κ1) is 18.7. The number of nitrogens with zero attached hydrogens (tertiary/aromatic N) is 2. The van der Waals surface area contributed by atoms with E-state index in [4.69, 9.17) is 4.74 Å². The molecular weight excluding hydrogens is 321 g/mol. The highest BCUT2D eigenvalue weighted by Crippen LogP contribution is 2.21. The van der Waals surface area contributed by atoms with Crippen LogP contribution in [0.4, 0.5) is 13.2 Å². The maximum atomic E-state index is 13.9. The maximum absolute atomic E-state index is 13.9. The number of benzene rings is 1. The highest BCUT2D eigenvalue weighted by molar-refractivity contribution is 5.94. The van der Waals surface area contributed by atoms with Crippen LogP contribution in [0.1, 0.15) is 30.6 Å². The van der Waals surface area contributed by atoms with Gasteiger partial charge in [0, 0.05) is 45.4 Å². The van der Waals surface area contributed by atoms with Crippen molar-refractivity contribution >= 4 is 5.91 Å². The van der Waals surface area contributed by atoms with Crippen LogP contribution in [0.5, 0.6) is 0 Å². The molecule has 1 aliphatic heterocycles. The largest absolute Gasteiger partial charge is 0.385 e. The Morgan fingerprint density at radius 3 is 2.38 bits per heavy atom. The van der Waals surface area contributed by atoms with Gasteiger partial charge in [-0.05, 0) is 32.4 Å². The van der Waals surface area contributed by atoms with Crippen molar-refractivity contribution in [2.45, 2.75) is 32.4 Å². The summed E-state index contributed by atoms with van der Waals surface area (Å²) in [4.78, 5) is 16.3. The van der Waals surface area contributed by atoms with E-state index in [1.807, 2.05) is 13.8 Å². The van der Waals surface area contributed by atoms with Gasteiger partial charge < -0.3 is 9.64 Å². The van der Waals surface area contributed by atoms with Crippen molar-refractivity contribution in [1.82, 2.24) is 9.80 Å². The molecule has 4 nitrogen and oxygen atoms in total. The molecule has 1 fully saturated rings. The molecule has 134 valence electrons. The summed E-state index contributed by atoms with van der Waals surface area (Å²) < 4.78 is 45.3. The van der Waals surface area contributed by atoms with E-state index in [1.54, 1.807) is 7.11 Å². The number of carbonyl (C=O) groups excluding carboxylic acids is 1. The molecule has 1 amide bonds. The lowest BCUT2D eigenvalue weighted by atomic mass is 10.1. The number of ether oxygens (including phenoxy) is 1. The molecule has 2 atom stereocenters. The Labute approximate surface area is 140 Å². The Morgan fingerprint density at radius 2 is 1.79 bits per heavy atom. The first-order valence-corrected chi connectivity index (χ1v) is 8.04. The Kier molecular flexibility index (Phi) is 6.23. The lowest BCUT2D eigenvalue weighted by Gasteiger charge is -2.44. The van der Waals surface area contributed by atoms with Gasteiger partial charge in [0.1, 0.15) is 0 Å². The average Bonchev–Trinajstić information content (AvgIpc) is 2.54. The van der Waals surface area contributed by atoms with Crippen LogP contribution >= 0.6 is 0 Å². The average molecular weight is 344 g/mol. The van der Waals surface area contributed by atoms with Crippen LogP contribution in [-0.2, 0) is 4.74 Å². The fourth-order valence-corrected chi connectivity index (χ4v) is 3.22. The monoisotopic (exact) mass is 344 g/mol. The number of rotatable bonds is 5. The second kappa shape index (κ2) is 7.98. The van der Waals surface area contributed by atoms with Crippen LogP contribution in [0.2, 0.25) is 0 Å². The molecule has 1 aromatic carbocycles. The third kappa shape index (κ3) is 3.89. The van der Waals surface area contributed by atoms with Gasteiger partial charge in [-0.3, -0.25) is 9.69 Å². The number of hydrogen-bond acceptors (Lipinski definition) is 3. The van der Waals surface area contributed by atoms with Gasteiger partial charge in [0.2, 0.25) is 0 Å². The molecule has 0 saturated carbocycles. The zero-order valence-corrected chi connectivity index (χ0v) is 14.2. The number of hydrogen-bond donors (Lipinski definition) is 0. The van der Waals surface area contributed by atoms with Crippen LogP contribution in [0.15, 0.2) is 12.1 Å². The molecule has 24 heavy (non-hydrogen) atoms. The predicted octanol–water partition coefficient (Wildman–Crippen LogP) is 2.68. The maximum Gasteiger partial charge on any atom is 0.257 e. The first-order chi connectivity index (χ1) is 11.4. The van der Waals surface area contributed by atoms with E-state index < -0.39 is 28.9 Å². The lowest BCUT2D eigenvalue weighted by molar-refractivity contribution is 0.0267. The van der Waals surface area contributed by atoms with Crippen LogP contribution in [0.25, 0.3) is 0 Å². The van der Waals surface area contributed by atoms with Crippen LogP contribution in [-0.4, -0.2) is 61.1 Å². The summed E-state index contributed by atoms with van der Waals surface area (Å²) in [7, 11) is 1.65. The minimum atomic E-state index is -1.61. The van der Waals surface area contributed by atoms with E-state index in [0.29, 0.717) is 19.7 Å². The van der Waals surface area contributed by atoms with Crippen molar-refractivity contribution in [1.29, 1.82) is 0 Å². The fourth-order valence-electron chi connectivity index (χ4n) is 3.22. The minimum Gasteiger partial charge on any atom is -0.385 e. The molecular formula is C17H23F3N2O2. The summed E-state index contributed by atoms with van der Waals surface area (Å²) in [5.41, 5.74) is -0.430. The van der Waals surface area contributed by atoms with Crippen molar-refractivity contribution in [2.24, 2.45) is 0 Å². The number of piperazine rings is 1. The Hall–Kier alpha value is -1.60. The van der Waals surface area contributed by atoms with Gasteiger partial charge in [-0.2, -0.15) is 0 Å². The zero-order chi connectivity index (χ0) is 17.9. The van der Waals surface area contributed by atoms with Gasteiger partial charge in [0.05, 0.1) is 5.56 Å². The Balaban J connectivity index is 2.09. The molecule has 0 aromatic heterocycles. The molecule has 1 aliphatic rings. The molecule has 0 N–H and O–H groups in total. The highest BCUT2D eigenvalue weighted by atomic mass is 19.2. The van der Waals surface area contributed by atoms with Crippen LogP contribution in [0, 0.1) is 17.5 Å². The lowest BCUT2D eigenvalue weighted by Crippen LogP contribution is -2.58. The second-order valence-electron chi connectivity index (χ2n) is 6.22. The molecule has 2 rings (SSSR count). The standard InChI is InChI=1S/C17H23F3N2O2/c1-11-9-21(10-12(2)22(11)7-4-8-24-3)17(23)13-5-6-14(18)16(20)15(13)19/h5-6,11-12H,4,7-10H2,1-3H3. The van der Waals surface area contributed by atoms with E-state index in [2.05, 4.69) is 4.90 Å². The molecule has 0 radical (unpaired) electrons. The zero-order valence-electron chi connectivity index (χ0n) is 14.2. The summed E-state index contributed by atoms with van der Waals surface area (Å²) >= 11 is 0. The molecule has 0 spiro atoms. The topological polar surface area (TPSA) is 32.8 Å². The van der Waals surface area contributed by atoms with E-state index in [9.17, 15) is 18.0 Å². The molecule has 0 bridgehead atoms. The van der Waals surface area contributed by atoms with Crippen molar-refractivity contribution in [3.63, 3.8) is 0 Å². The van der Waals surface area contributed by atoms with Gasteiger partial charge in [-0.15, -0.1) is 0 Å². The Morgan fingerprint density at radius 1 is 1.17 bits per heavy atom. The number of methoxy groups -OCH3 is 1. The van der Waals surface area contributed by atoms with Gasteiger partial charge in [0.25, 0.3) is 5.91 Å². The number of halogens is 3. The van der Waals surface area contributed by atoms with E-state index >= 15 is 0 Å². The van der Waals surface area contributed by atoms with Crippen molar-refractivity contribution in [3.05, 3.63) is 35.1 Å². The van der Waals surface area contributed by atoms with Crippen LogP contribution < -0.4 is 0 Å².